The first-order valence-corrected chi connectivity index (χ1v) is 8.03. The highest BCUT2D eigenvalue weighted by Gasteiger charge is 2.02. The van der Waals surface area contributed by atoms with E-state index in [1.165, 1.54) is 11.1 Å². The normalized spacial score (nSPS) is 10.7. The van der Waals surface area contributed by atoms with Crippen LogP contribution >= 0.6 is 15.9 Å². The summed E-state index contributed by atoms with van der Waals surface area (Å²) in [5.74, 6) is 1.54. The number of rotatable bonds is 6. The van der Waals surface area contributed by atoms with Crippen molar-refractivity contribution in [3.05, 3.63) is 58.1 Å². The molecule has 2 nitrogen and oxygen atoms in total. The lowest BCUT2D eigenvalue weighted by atomic mass is 10.0. The smallest absolute Gasteiger partial charge is 0.135 e. The Morgan fingerprint density at radius 1 is 1.05 bits per heavy atom. The Morgan fingerprint density at radius 3 is 2.33 bits per heavy atom. The molecule has 0 saturated carbocycles. The highest BCUT2D eigenvalue weighted by molar-refractivity contribution is 9.10. The van der Waals surface area contributed by atoms with E-state index in [-0.39, 0.29) is 0 Å². The van der Waals surface area contributed by atoms with Crippen LogP contribution in [0.1, 0.15) is 25.0 Å². The molecule has 0 aromatic heterocycles. The average Bonchev–Trinajstić information content (AvgIpc) is 2.47. The predicted octanol–water partition coefficient (Wildman–Crippen LogP) is 5.27. The topological polar surface area (TPSA) is 21.3 Å². The number of anilines is 1. The number of ether oxygens (including phenoxy) is 1. The molecular weight excluding hydrogens is 326 g/mol. The summed E-state index contributed by atoms with van der Waals surface area (Å²) >= 11 is 3.46. The average molecular weight is 348 g/mol. The van der Waals surface area contributed by atoms with Gasteiger partial charge in [-0.3, -0.25) is 0 Å². The molecule has 3 heteroatoms. The Hall–Kier alpha value is -1.48. The van der Waals surface area contributed by atoms with E-state index in [9.17, 15) is 0 Å². The van der Waals surface area contributed by atoms with E-state index in [2.05, 4.69) is 59.4 Å². The standard InChI is InChI=1S/C18H22BrNO/c1-13(2)10-14-4-6-15(7-5-14)12-20-16-8-9-17(19)18(11-16)21-3/h4-9,11,13,20H,10,12H2,1-3H3. The van der Waals surface area contributed by atoms with Crippen LogP contribution in [-0.2, 0) is 13.0 Å². The van der Waals surface area contributed by atoms with Crippen LogP contribution < -0.4 is 10.1 Å². The van der Waals surface area contributed by atoms with Gasteiger partial charge in [-0.25, -0.2) is 0 Å². The van der Waals surface area contributed by atoms with Crippen molar-refractivity contribution in [1.82, 2.24) is 0 Å². The fourth-order valence-corrected chi connectivity index (χ4v) is 2.65. The number of nitrogens with one attached hydrogen (secondary N) is 1. The Labute approximate surface area is 135 Å². The largest absolute Gasteiger partial charge is 0.495 e. The maximum Gasteiger partial charge on any atom is 0.135 e. The van der Waals surface area contributed by atoms with Gasteiger partial charge in [-0.1, -0.05) is 38.1 Å². The molecule has 0 amide bonds. The van der Waals surface area contributed by atoms with Gasteiger partial charge in [0.2, 0.25) is 0 Å². The Balaban J connectivity index is 1.96. The van der Waals surface area contributed by atoms with Gasteiger partial charge in [-0.2, -0.15) is 0 Å². The molecule has 2 aromatic carbocycles. The molecule has 0 spiro atoms. The molecule has 2 rings (SSSR count). The maximum atomic E-state index is 5.30. The minimum atomic E-state index is 0.698. The summed E-state index contributed by atoms with van der Waals surface area (Å²) in [7, 11) is 1.68. The van der Waals surface area contributed by atoms with Gasteiger partial charge in [0, 0.05) is 18.3 Å². The summed E-state index contributed by atoms with van der Waals surface area (Å²) < 4.78 is 6.27. The molecule has 2 aromatic rings. The van der Waals surface area contributed by atoms with E-state index in [1.54, 1.807) is 7.11 Å². The molecule has 0 aliphatic rings. The van der Waals surface area contributed by atoms with Crippen molar-refractivity contribution in [3.8, 4) is 5.75 Å². The van der Waals surface area contributed by atoms with Crippen molar-refractivity contribution in [2.45, 2.75) is 26.8 Å². The van der Waals surface area contributed by atoms with Gasteiger partial charge < -0.3 is 10.1 Å². The monoisotopic (exact) mass is 347 g/mol. The molecule has 1 N–H and O–H groups in total. The van der Waals surface area contributed by atoms with Gasteiger partial charge in [0.25, 0.3) is 0 Å². The summed E-state index contributed by atoms with van der Waals surface area (Å²) in [6, 6.07) is 14.9. The maximum absolute atomic E-state index is 5.30. The van der Waals surface area contributed by atoms with Crippen LogP contribution in [0.25, 0.3) is 0 Å². The van der Waals surface area contributed by atoms with Gasteiger partial charge >= 0.3 is 0 Å². The van der Waals surface area contributed by atoms with Crippen LogP contribution in [0.3, 0.4) is 0 Å². The van der Waals surface area contributed by atoms with Gasteiger partial charge in [-0.15, -0.1) is 0 Å². The van der Waals surface area contributed by atoms with Crippen molar-refractivity contribution in [3.63, 3.8) is 0 Å². The van der Waals surface area contributed by atoms with Gasteiger partial charge in [0.15, 0.2) is 0 Å². The van der Waals surface area contributed by atoms with E-state index < -0.39 is 0 Å². The summed E-state index contributed by atoms with van der Waals surface area (Å²) in [5.41, 5.74) is 3.74. The zero-order valence-electron chi connectivity index (χ0n) is 12.8. The molecule has 0 fully saturated rings. The third kappa shape index (κ3) is 4.78. The van der Waals surface area contributed by atoms with E-state index >= 15 is 0 Å². The predicted molar refractivity (Wildman–Crippen MR) is 93.0 cm³/mol. The van der Waals surface area contributed by atoms with E-state index in [1.807, 2.05) is 18.2 Å². The van der Waals surface area contributed by atoms with Crippen LogP contribution in [0, 0.1) is 5.92 Å². The fourth-order valence-electron chi connectivity index (χ4n) is 2.24. The molecule has 0 saturated heterocycles. The second-order valence-corrected chi connectivity index (χ2v) is 6.47. The van der Waals surface area contributed by atoms with Crippen LogP contribution in [0.15, 0.2) is 46.9 Å². The zero-order valence-corrected chi connectivity index (χ0v) is 14.4. The molecule has 0 aliphatic heterocycles. The van der Waals surface area contributed by atoms with Crippen molar-refractivity contribution in [2.75, 3.05) is 12.4 Å². The molecule has 112 valence electrons. The molecule has 0 atom stereocenters. The number of methoxy groups -OCH3 is 1. The van der Waals surface area contributed by atoms with Crippen molar-refractivity contribution in [2.24, 2.45) is 5.92 Å². The van der Waals surface area contributed by atoms with Gasteiger partial charge in [-0.05, 0) is 51.5 Å². The van der Waals surface area contributed by atoms with Crippen molar-refractivity contribution < 1.29 is 4.74 Å². The lowest BCUT2D eigenvalue weighted by Crippen LogP contribution is -2.00. The summed E-state index contributed by atoms with van der Waals surface area (Å²) in [6.45, 7) is 5.31. The molecule has 0 heterocycles. The van der Waals surface area contributed by atoms with Crippen LogP contribution in [0.5, 0.6) is 5.75 Å². The molecular formula is C18H22BrNO. The van der Waals surface area contributed by atoms with Gasteiger partial charge in [0.05, 0.1) is 11.6 Å². The Bertz CT molecular complexity index is 578. The molecule has 0 bridgehead atoms. The first-order chi connectivity index (χ1) is 10.1. The first-order valence-electron chi connectivity index (χ1n) is 7.23. The minimum Gasteiger partial charge on any atom is -0.495 e. The lowest BCUT2D eigenvalue weighted by Gasteiger charge is -2.10. The highest BCUT2D eigenvalue weighted by atomic mass is 79.9. The fraction of sp³-hybridized carbons (Fsp3) is 0.333. The number of halogens is 1. The molecule has 0 aliphatic carbocycles. The van der Waals surface area contributed by atoms with Gasteiger partial charge in [0.1, 0.15) is 5.75 Å². The number of benzene rings is 2. The van der Waals surface area contributed by atoms with Crippen LogP contribution in [0.4, 0.5) is 5.69 Å². The molecule has 0 radical (unpaired) electrons. The second-order valence-electron chi connectivity index (χ2n) is 5.62. The third-order valence-corrected chi connectivity index (χ3v) is 3.97. The first kappa shape index (κ1) is 15.9. The highest BCUT2D eigenvalue weighted by Crippen LogP contribution is 2.28. The van der Waals surface area contributed by atoms with E-state index in [4.69, 9.17) is 4.74 Å². The Kier molecular flexibility index (Phi) is 5.68. The number of hydrogen-bond acceptors (Lipinski definition) is 2. The Morgan fingerprint density at radius 2 is 1.71 bits per heavy atom. The second kappa shape index (κ2) is 7.51. The summed E-state index contributed by atoms with van der Waals surface area (Å²) in [5, 5.41) is 3.42. The van der Waals surface area contributed by atoms with Crippen LogP contribution in [-0.4, -0.2) is 7.11 Å². The zero-order chi connectivity index (χ0) is 15.2. The number of hydrogen-bond donors (Lipinski definition) is 1. The summed E-state index contributed by atoms with van der Waals surface area (Å²) in [4.78, 5) is 0. The molecule has 21 heavy (non-hydrogen) atoms. The van der Waals surface area contributed by atoms with Crippen LogP contribution in [0.2, 0.25) is 0 Å². The van der Waals surface area contributed by atoms with Crippen molar-refractivity contribution >= 4 is 21.6 Å². The van der Waals surface area contributed by atoms with E-state index in [0.717, 1.165) is 28.9 Å². The van der Waals surface area contributed by atoms with Crippen molar-refractivity contribution in [1.29, 1.82) is 0 Å². The minimum absolute atomic E-state index is 0.698. The third-order valence-electron chi connectivity index (χ3n) is 3.31. The quantitative estimate of drug-likeness (QED) is 0.768. The summed E-state index contributed by atoms with van der Waals surface area (Å²) in [6.07, 6.45) is 1.14. The van der Waals surface area contributed by atoms with E-state index in [0.29, 0.717) is 5.92 Å². The SMILES string of the molecule is COc1cc(NCc2ccc(CC(C)C)cc2)ccc1Br. The lowest BCUT2D eigenvalue weighted by molar-refractivity contribution is 0.412. The molecule has 0 unspecified atom stereocenters.